The lowest BCUT2D eigenvalue weighted by molar-refractivity contribution is -0.665. The van der Waals surface area contributed by atoms with Gasteiger partial charge in [0, 0.05) is 70.5 Å². The molecule has 6 aromatic heterocycles. The molecule has 10 heteroatoms. The van der Waals surface area contributed by atoms with Crippen LogP contribution in [-0.4, -0.2) is 4.98 Å². The summed E-state index contributed by atoms with van der Waals surface area (Å²) in [6.07, 6.45) is 0.680. The van der Waals surface area contributed by atoms with Crippen molar-refractivity contribution in [2.75, 3.05) is 0 Å². The van der Waals surface area contributed by atoms with Crippen molar-refractivity contribution in [2.24, 2.45) is 41.2 Å². The van der Waals surface area contributed by atoms with Crippen LogP contribution in [-0.2, 0) is 41.7 Å². The van der Waals surface area contributed by atoms with Crippen LogP contribution in [0, 0.1) is 188 Å². The van der Waals surface area contributed by atoms with Crippen molar-refractivity contribution >= 4 is 54.0 Å². The van der Waals surface area contributed by atoms with E-state index in [4.69, 9.17) is 11.8 Å². The van der Waals surface area contributed by atoms with E-state index in [-0.39, 0.29) is 29.2 Å². The number of fused-ring (bicyclic) bond motifs is 5. The molecule has 0 saturated heterocycles. The first kappa shape index (κ1) is 84.5. The van der Waals surface area contributed by atoms with Crippen LogP contribution in [0.15, 0.2) is 145 Å². The van der Waals surface area contributed by atoms with Crippen molar-refractivity contribution in [1.29, 1.82) is 0 Å². The van der Waals surface area contributed by atoms with E-state index in [1.807, 2.05) is 109 Å². The Morgan fingerprint density at radius 2 is 0.557 bits per heavy atom. The van der Waals surface area contributed by atoms with Gasteiger partial charge in [-0.25, -0.2) is 17.6 Å². The fraction of sp³-hybridized carbons (Fsp3) is 0.339. The summed E-state index contributed by atoms with van der Waals surface area (Å²) in [7, 11) is 9.94. The highest BCUT2D eigenvalue weighted by Crippen LogP contribution is 2.40. The number of nitrogens with zero attached hydrogens (tertiary/aromatic N) is 6. The molecule has 0 unspecified atom stereocenters. The van der Waals surface area contributed by atoms with Gasteiger partial charge in [0.1, 0.15) is 58.5 Å². The SMILES string of the molecule is [2H]c1c(C)[n+](C)c(-c2cc(C)cc(C)c2C)c2cc(C)c(C(C)C)nc12.[2H]c1c(C)[n+](C)c(-c2cc(C)cc(C)c2C)c2cc(C)c(F)cc12.[2H]c1c(C)[n+](C)c(-c2cc(C)cc(C)c2C)c2cc(F)c(C(C)C)cc12.[2H]c1c(C)[n+](C)c(-c2cc(C)cc(C)c2C)c2cc(F)c(C)cc12.[2H]c1c(C)[n+](C)c(-c2cc(C)cc(C)c2C)c2cc(F)c(CC(C)C)cc12. The van der Waals surface area contributed by atoms with Crippen molar-refractivity contribution < 1.29 is 47.3 Å². The summed E-state index contributed by atoms with van der Waals surface area (Å²) in [6, 6.07) is 40.1. The predicted molar refractivity (Wildman–Crippen MR) is 506 cm³/mol. The van der Waals surface area contributed by atoms with Gasteiger partial charge < -0.3 is 0 Å². The summed E-state index contributed by atoms with van der Waals surface area (Å²) < 4.78 is 111. The Kier molecular flexibility index (Phi) is 25.3. The standard InChI is InChI=1S/C24H29FN.C23H27FN.C23H29N2.2C21H23FN/c1-14(2)8-20-12-19-11-17(5)26(7)24(22(19)13-23(20)25)21-10-15(3)9-16(4)18(21)6;1-13(2)19-11-18-10-16(5)25(7)23(21(18)12-22(19)24)20-9-14(3)8-15(4)17(20)6;1-13(2)22-16(5)11-20-21(24-22)12-17(6)25(8)23(20)19-10-14(3)9-15(4)18(19)7;1-12-7-13(2)16(5)18(8-12)21-19-9-14(3)20(22)11-17(19)10-15(4)23(21)6;1-12-7-13(2)16(5)18(8-12)21-19-11-20(22)14(3)9-17(19)10-15(4)23(21)6/h9-14H,8H2,1-7H3;8-13H,1-7H3;9-13H,1-8H3;2*7-11H,1-6H3/q5*+1/i11D;10D;12D;2*10D. The summed E-state index contributed by atoms with van der Waals surface area (Å²) in [4.78, 5) is 4.94. The molecule has 632 valence electrons. The molecule has 15 aromatic rings. The van der Waals surface area contributed by atoms with E-state index < -0.39 is 0 Å². The Morgan fingerprint density at radius 3 is 0.902 bits per heavy atom. The molecule has 6 nitrogen and oxygen atoms in total. The summed E-state index contributed by atoms with van der Waals surface area (Å²) in [5.41, 5.74) is 39.2. The second kappa shape index (κ2) is 36.5. The van der Waals surface area contributed by atoms with Crippen LogP contribution < -0.4 is 22.8 Å². The van der Waals surface area contributed by atoms with Crippen LogP contribution in [0.2, 0.25) is 0 Å². The number of benzene rings is 9. The molecule has 0 fully saturated rings. The Balaban J connectivity index is 0.000000154. The molecule has 0 spiro atoms. The van der Waals surface area contributed by atoms with Gasteiger partial charge in [-0.2, -0.15) is 22.8 Å². The monoisotopic (exact) mass is 1640 g/mol. The van der Waals surface area contributed by atoms with E-state index >= 15 is 0 Å². The van der Waals surface area contributed by atoms with Gasteiger partial charge in [0.15, 0.2) is 28.5 Å². The molecule has 0 saturated carbocycles. The van der Waals surface area contributed by atoms with Crippen molar-refractivity contribution in [1.82, 2.24) is 4.98 Å². The van der Waals surface area contributed by atoms with Gasteiger partial charge in [-0.15, -0.1) is 0 Å². The Bertz CT molecular complexity index is 6700. The first-order valence-electron chi connectivity index (χ1n) is 45.4. The highest BCUT2D eigenvalue weighted by atomic mass is 19.1. The minimum atomic E-state index is -0.257. The maximum absolute atomic E-state index is 14.9. The molecule has 0 atom stereocenters. The van der Waals surface area contributed by atoms with E-state index in [1.54, 1.807) is 38.1 Å². The molecular formula is C112H131F4N6+5. The third-order valence-corrected chi connectivity index (χ3v) is 25.3. The molecule has 122 heavy (non-hydrogen) atoms. The highest BCUT2D eigenvalue weighted by Gasteiger charge is 2.30. The summed E-state index contributed by atoms with van der Waals surface area (Å²) in [5.74, 6) is -0.0599. The van der Waals surface area contributed by atoms with Gasteiger partial charge in [0.05, 0.1) is 67.1 Å². The lowest BCUT2D eigenvalue weighted by Crippen LogP contribution is -2.35. The Hall–Kier alpha value is -11.1. The van der Waals surface area contributed by atoms with Crippen molar-refractivity contribution in [3.8, 4) is 56.3 Å². The minimum Gasteiger partial charge on any atom is -0.252 e. The zero-order chi connectivity index (χ0) is 94.2. The molecule has 0 N–H and O–H groups in total. The second-order valence-electron chi connectivity index (χ2n) is 36.1. The van der Waals surface area contributed by atoms with Crippen molar-refractivity contribution in [3.63, 3.8) is 0 Å². The van der Waals surface area contributed by atoms with E-state index in [2.05, 4.69) is 221 Å². The van der Waals surface area contributed by atoms with Crippen LogP contribution in [0.4, 0.5) is 17.6 Å². The summed E-state index contributed by atoms with van der Waals surface area (Å²) >= 11 is 0. The van der Waals surface area contributed by atoms with E-state index in [9.17, 15) is 17.6 Å². The first-order chi connectivity index (χ1) is 59.3. The molecular weight excluding hydrogens is 1510 g/mol. The molecule has 6 heterocycles. The van der Waals surface area contributed by atoms with E-state index in [0.717, 1.165) is 133 Å². The summed E-state index contributed by atoms with van der Waals surface area (Å²) in [6.45, 7) is 59.6. The number of hydrogen-bond acceptors (Lipinski definition) is 1. The summed E-state index contributed by atoms with van der Waals surface area (Å²) in [5, 5.41) is 7.53. The molecule has 0 radical (unpaired) electrons. The van der Waals surface area contributed by atoms with E-state index in [1.165, 1.54) is 101 Å². The van der Waals surface area contributed by atoms with Crippen LogP contribution in [0.25, 0.3) is 110 Å². The van der Waals surface area contributed by atoms with Crippen molar-refractivity contribution in [2.45, 2.75) is 219 Å². The molecule has 9 aromatic carbocycles. The van der Waals surface area contributed by atoms with Crippen LogP contribution >= 0.6 is 0 Å². The van der Waals surface area contributed by atoms with Crippen LogP contribution in [0.3, 0.4) is 0 Å². The molecule has 15 rings (SSSR count). The van der Waals surface area contributed by atoms with Gasteiger partial charge in [-0.05, 0) is 339 Å². The normalized spacial score (nSPS) is 12.0. The average molecular weight is 1640 g/mol. The number of rotatable bonds is 9. The smallest absolute Gasteiger partial charge is 0.222 e. The zero-order valence-corrected chi connectivity index (χ0v) is 79.1. The molecule has 0 amide bonds. The molecule has 0 bridgehead atoms. The number of aromatic nitrogens is 6. The Labute approximate surface area is 732 Å². The average Bonchev–Trinajstić information content (AvgIpc) is 0.768. The number of aryl methyl sites for hydroxylation is 13. The van der Waals surface area contributed by atoms with Crippen LogP contribution in [0.5, 0.6) is 0 Å². The maximum Gasteiger partial charge on any atom is 0.222 e. The molecule has 0 aliphatic carbocycles. The van der Waals surface area contributed by atoms with Gasteiger partial charge in [0.25, 0.3) is 0 Å². The topological polar surface area (TPSA) is 32.3 Å². The first-order valence-corrected chi connectivity index (χ1v) is 42.9. The fourth-order valence-electron chi connectivity index (χ4n) is 17.5. The number of pyridine rings is 6. The predicted octanol–water partition coefficient (Wildman–Crippen LogP) is 27.1. The van der Waals surface area contributed by atoms with Crippen molar-refractivity contribution in [3.05, 3.63) is 314 Å². The van der Waals surface area contributed by atoms with Gasteiger partial charge >= 0.3 is 0 Å². The zero-order valence-electron chi connectivity index (χ0n) is 84.1. The number of hydrogen-bond donors (Lipinski definition) is 0. The fourth-order valence-corrected chi connectivity index (χ4v) is 17.5. The highest BCUT2D eigenvalue weighted by molar-refractivity contribution is 5.99. The third kappa shape index (κ3) is 18.6. The maximum atomic E-state index is 14.9. The Morgan fingerprint density at radius 1 is 0.279 bits per heavy atom. The number of halogens is 4. The van der Waals surface area contributed by atoms with Crippen LogP contribution in [0.1, 0.15) is 206 Å². The lowest BCUT2D eigenvalue weighted by Gasteiger charge is -2.15. The molecule has 0 aliphatic heterocycles. The quantitative estimate of drug-likeness (QED) is 0.105. The van der Waals surface area contributed by atoms with Gasteiger partial charge in [-0.1, -0.05) is 99.7 Å². The second-order valence-corrected chi connectivity index (χ2v) is 36.1. The molecule has 0 aliphatic rings. The minimum absolute atomic E-state index is 0.0828. The third-order valence-electron chi connectivity index (χ3n) is 25.3. The van der Waals surface area contributed by atoms with Gasteiger partial charge in [0.2, 0.25) is 28.5 Å². The lowest BCUT2D eigenvalue weighted by atomic mass is 9.92. The van der Waals surface area contributed by atoms with E-state index in [0.29, 0.717) is 76.1 Å². The largest absolute Gasteiger partial charge is 0.252 e. The van der Waals surface area contributed by atoms with Gasteiger partial charge in [-0.3, -0.25) is 4.98 Å².